The maximum atomic E-state index is 13.5. The van der Waals surface area contributed by atoms with E-state index >= 15 is 0 Å². The number of carbonyl (C=O) groups excluding carboxylic acids is 4. The van der Waals surface area contributed by atoms with Gasteiger partial charge >= 0.3 is 0 Å². The van der Waals surface area contributed by atoms with Gasteiger partial charge in [0.05, 0.1) is 11.4 Å². The molecule has 230 valence electrons. The van der Waals surface area contributed by atoms with Crippen LogP contribution in [0.3, 0.4) is 0 Å². The van der Waals surface area contributed by atoms with Crippen molar-refractivity contribution in [1.82, 2.24) is 5.01 Å². The lowest BCUT2D eigenvalue weighted by atomic mass is 10.0. The summed E-state index contributed by atoms with van der Waals surface area (Å²) in [5.41, 5.74) is 1.60. The first kappa shape index (κ1) is 31.8. The molecule has 0 saturated carbocycles. The summed E-state index contributed by atoms with van der Waals surface area (Å²) in [5.74, 6) is -3.49. The number of quaternary nitrogens is 1. The van der Waals surface area contributed by atoms with Crippen LogP contribution in [0.25, 0.3) is 6.08 Å². The summed E-state index contributed by atoms with van der Waals surface area (Å²) in [7, 11) is 0. The molecular weight excluding hydrogens is 612 g/mol. The Morgan fingerprint density at radius 3 is 2.30 bits per heavy atom. The van der Waals surface area contributed by atoms with Crippen molar-refractivity contribution in [3.63, 3.8) is 0 Å². The Labute approximate surface area is 267 Å². The molecule has 0 fully saturated rings. The second-order valence-corrected chi connectivity index (χ2v) is 10.3. The predicted molar refractivity (Wildman–Crippen MR) is 169 cm³/mol. The van der Waals surface area contributed by atoms with Crippen molar-refractivity contribution in [3.8, 4) is 0 Å². The molecule has 4 amide bonds. The van der Waals surface area contributed by atoms with Crippen LogP contribution in [0.15, 0.2) is 131 Å². The highest BCUT2D eigenvalue weighted by Crippen LogP contribution is 2.24. The normalized spacial score (nSPS) is 15.3. The van der Waals surface area contributed by atoms with Gasteiger partial charge in [0.15, 0.2) is 11.7 Å². The Bertz CT molecular complexity index is 1850. The summed E-state index contributed by atoms with van der Waals surface area (Å²) < 4.78 is 0. The molecule has 4 aromatic rings. The minimum absolute atomic E-state index is 0.0279. The first-order valence-electron chi connectivity index (χ1n) is 13.8. The van der Waals surface area contributed by atoms with Gasteiger partial charge in [0, 0.05) is 28.8 Å². The molecule has 5 rings (SSSR count). The molecule has 1 heterocycles. The van der Waals surface area contributed by atoms with Crippen molar-refractivity contribution in [2.75, 3.05) is 4.90 Å². The van der Waals surface area contributed by atoms with Crippen LogP contribution in [0, 0.1) is 5.21 Å². The maximum absolute atomic E-state index is 13.5. The monoisotopic (exact) mass is 636 g/mol. The minimum Gasteiger partial charge on any atom is -0.595 e. The molecule has 0 aliphatic carbocycles. The zero-order chi connectivity index (χ0) is 32.6. The summed E-state index contributed by atoms with van der Waals surface area (Å²) in [4.78, 5) is 54.6. The van der Waals surface area contributed by atoms with Gasteiger partial charge in [-0.2, -0.15) is 25.6 Å². The summed E-state index contributed by atoms with van der Waals surface area (Å²) in [6, 6.07) is 27.7. The van der Waals surface area contributed by atoms with Crippen molar-refractivity contribution in [2.24, 2.45) is 15.3 Å². The minimum atomic E-state index is -1.36. The van der Waals surface area contributed by atoms with E-state index in [0.29, 0.717) is 15.6 Å². The van der Waals surface area contributed by atoms with Gasteiger partial charge in [-0.1, -0.05) is 78.3 Å². The van der Waals surface area contributed by atoms with E-state index in [2.05, 4.69) is 15.3 Å². The van der Waals surface area contributed by atoms with Gasteiger partial charge in [0.25, 0.3) is 17.7 Å². The maximum Gasteiger partial charge on any atom is 0.282 e. The highest BCUT2D eigenvalue weighted by molar-refractivity contribution is 6.31. The van der Waals surface area contributed by atoms with Crippen LogP contribution >= 0.6 is 11.6 Å². The number of nitrogens with one attached hydrogen (secondary N) is 1. The molecule has 46 heavy (non-hydrogen) atoms. The number of hydrogen-bond donors (Lipinski definition) is 2. The largest absolute Gasteiger partial charge is 0.595 e. The van der Waals surface area contributed by atoms with Crippen molar-refractivity contribution < 1.29 is 29.6 Å². The molecule has 0 bridgehead atoms. The first-order chi connectivity index (χ1) is 22.2. The SMILES string of the molecule is O=C(CC(=O)N(C(=O)/C=C/c1ccccc1)c1ccc(Cl)cc1)N1N=C(c2ccccc2)C(N=Nc2cccc([NH+]([O-])O)c2)C1=O. The summed E-state index contributed by atoms with van der Waals surface area (Å²) in [5, 5.41) is 32.7. The van der Waals surface area contributed by atoms with Gasteiger partial charge in [-0.3, -0.25) is 19.2 Å². The highest BCUT2D eigenvalue weighted by atomic mass is 35.5. The van der Waals surface area contributed by atoms with E-state index in [9.17, 15) is 29.6 Å². The third-order valence-electron chi connectivity index (χ3n) is 6.67. The van der Waals surface area contributed by atoms with E-state index in [-0.39, 0.29) is 22.8 Å². The van der Waals surface area contributed by atoms with Crippen LogP contribution in [-0.4, -0.2) is 45.6 Å². The van der Waals surface area contributed by atoms with Gasteiger partial charge in [0.2, 0.25) is 5.91 Å². The number of amides is 4. The number of azo groups is 1. The number of hydrazone groups is 1. The van der Waals surface area contributed by atoms with E-state index < -0.39 is 41.3 Å². The number of imide groups is 2. The zero-order valence-corrected chi connectivity index (χ0v) is 24.7. The van der Waals surface area contributed by atoms with Crippen molar-refractivity contribution in [1.29, 1.82) is 0 Å². The Hall–Kier alpha value is -5.66. The fourth-order valence-electron chi connectivity index (χ4n) is 4.45. The van der Waals surface area contributed by atoms with Crippen LogP contribution in [0.5, 0.6) is 0 Å². The number of halogens is 1. The second kappa shape index (κ2) is 14.4. The van der Waals surface area contributed by atoms with Crippen molar-refractivity contribution in [3.05, 3.63) is 137 Å². The predicted octanol–water partition coefficient (Wildman–Crippen LogP) is 4.63. The number of anilines is 1. The third kappa shape index (κ3) is 7.52. The van der Waals surface area contributed by atoms with Gasteiger partial charge in [-0.15, -0.1) is 0 Å². The van der Waals surface area contributed by atoms with Gasteiger partial charge < -0.3 is 5.21 Å². The molecule has 12 nitrogen and oxygen atoms in total. The number of benzene rings is 4. The summed E-state index contributed by atoms with van der Waals surface area (Å²) in [6.45, 7) is 0. The molecule has 1 aliphatic heterocycles. The molecule has 2 N–H and O–H groups in total. The Morgan fingerprint density at radius 2 is 1.63 bits per heavy atom. The lowest BCUT2D eigenvalue weighted by molar-refractivity contribution is -0.991. The fraction of sp³-hybridized carbons (Fsp3) is 0.0606. The lowest BCUT2D eigenvalue weighted by Gasteiger charge is -2.20. The number of nitrogens with zero attached hydrogens (tertiary/aromatic N) is 5. The average molecular weight is 637 g/mol. The molecule has 2 unspecified atom stereocenters. The second-order valence-electron chi connectivity index (χ2n) is 9.83. The van der Waals surface area contributed by atoms with E-state index in [1.807, 2.05) is 6.07 Å². The zero-order valence-electron chi connectivity index (χ0n) is 23.9. The van der Waals surface area contributed by atoms with Crippen LogP contribution in [0.2, 0.25) is 5.02 Å². The molecule has 2 atom stereocenters. The van der Waals surface area contributed by atoms with Gasteiger partial charge in [-0.05, 0) is 42.0 Å². The smallest absolute Gasteiger partial charge is 0.282 e. The van der Waals surface area contributed by atoms with E-state index in [1.165, 1.54) is 60.7 Å². The van der Waals surface area contributed by atoms with E-state index in [4.69, 9.17) is 11.6 Å². The Kier molecular flexibility index (Phi) is 9.95. The fourth-order valence-corrected chi connectivity index (χ4v) is 4.58. The van der Waals surface area contributed by atoms with Crippen molar-refractivity contribution >= 4 is 64.1 Å². The Balaban J connectivity index is 1.41. The van der Waals surface area contributed by atoms with Gasteiger partial charge in [-0.25, -0.2) is 10.1 Å². The molecule has 0 saturated heterocycles. The Morgan fingerprint density at radius 1 is 0.957 bits per heavy atom. The van der Waals surface area contributed by atoms with Crippen LogP contribution in [0.4, 0.5) is 17.1 Å². The topological polar surface area (TPSA) is 160 Å². The standard InChI is InChI=1S/C33H25ClN6O6/c34-24-15-17-26(18-16-24)38(28(41)19-14-22-8-3-1-4-9-22)29(42)21-30(43)39-33(44)32(31(37-39)23-10-5-2-6-11-23)36-35-25-12-7-13-27(20-25)40(45)46/h1-20,32,40,45H,21H2/b19-14+,36-35?. The van der Waals surface area contributed by atoms with Gasteiger partial charge in [0.1, 0.15) is 12.1 Å². The first-order valence-corrected chi connectivity index (χ1v) is 14.2. The third-order valence-corrected chi connectivity index (χ3v) is 6.92. The molecule has 13 heteroatoms. The molecule has 0 aromatic heterocycles. The van der Waals surface area contributed by atoms with E-state index in [0.717, 1.165) is 10.5 Å². The van der Waals surface area contributed by atoms with Crippen molar-refractivity contribution in [2.45, 2.75) is 12.5 Å². The molecule has 0 spiro atoms. The molecule has 0 radical (unpaired) electrons. The number of hydrogen-bond acceptors (Lipinski definition) is 9. The summed E-state index contributed by atoms with van der Waals surface area (Å²) >= 11 is 6.01. The molecule has 1 aliphatic rings. The van der Waals surface area contributed by atoms with Crippen LogP contribution in [-0.2, 0) is 19.2 Å². The van der Waals surface area contributed by atoms with Crippen LogP contribution < -0.4 is 10.1 Å². The number of carbonyl (C=O) groups is 4. The summed E-state index contributed by atoms with van der Waals surface area (Å²) in [6.07, 6.45) is 1.85. The molecular formula is C33H25ClN6O6. The molecule has 4 aromatic carbocycles. The van der Waals surface area contributed by atoms with Crippen LogP contribution in [0.1, 0.15) is 17.5 Å². The average Bonchev–Trinajstić information content (AvgIpc) is 3.40. The number of rotatable bonds is 9. The van der Waals surface area contributed by atoms with E-state index in [1.54, 1.807) is 54.6 Å². The highest BCUT2D eigenvalue weighted by Gasteiger charge is 2.41. The quantitative estimate of drug-likeness (QED) is 0.118. The lowest BCUT2D eigenvalue weighted by Crippen LogP contribution is -2.99.